The molecule has 1 saturated heterocycles. The highest BCUT2D eigenvalue weighted by molar-refractivity contribution is 5.68. The first kappa shape index (κ1) is 18.8. The van der Waals surface area contributed by atoms with Crippen molar-refractivity contribution in [1.82, 2.24) is 10.2 Å². The van der Waals surface area contributed by atoms with Crippen molar-refractivity contribution in [2.75, 3.05) is 19.6 Å². The molecule has 1 heterocycles. The average molecular weight is 332 g/mol. The molecule has 1 fully saturated rings. The lowest BCUT2D eigenvalue weighted by atomic mass is 10.1. The van der Waals surface area contributed by atoms with Crippen molar-refractivity contribution < 1.29 is 9.53 Å². The van der Waals surface area contributed by atoms with Gasteiger partial charge in [-0.25, -0.2) is 4.79 Å². The van der Waals surface area contributed by atoms with Gasteiger partial charge in [-0.05, 0) is 58.6 Å². The third kappa shape index (κ3) is 6.91. The Morgan fingerprint density at radius 3 is 2.71 bits per heavy atom. The predicted octanol–water partition coefficient (Wildman–Crippen LogP) is 4.00. The van der Waals surface area contributed by atoms with Gasteiger partial charge >= 0.3 is 6.09 Å². The molecule has 4 heteroatoms. The monoisotopic (exact) mass is 332 g/mol. The van der Waals surface area contributed by atoms with E-state index in [1.54, 1.807) is 0 Å². The van der Waals surface area contributed by atoms with Crippen LogP contribution in [0, 0.1) is 0 Å². The van der Waals surface area contributed by atoms with Crippen molar-refractivity contribution >= 4 is 6.09 Å². The molecule has 0 spiro atoms. The Labute approximate surface area is 146 Å². The molecule has 0 saturated carbocycles. The van der Waals surface area contributed by atoms with Crippen LogP contribution in [-0.4, -0.2) is 42.3 Å². The standard InChI is InChI=1S/C20H32N2O2/c1-20(2,3)24-19(23)22-15-8-7-13-18(16-22)21-14-9-12-17-10-5-4-6-11-17/h4-6,10-11,18,21H,7-9,12-16H2,1-3H3/t18-/m1/s1. The number of rotatable bonds is 5. The number of aryl methyl sites for hydroxylation is 1. The van der Waals surface area contributed by atoms with Gasteiger partial charge < -0.3 is 15.0 Å². The minimum atomic E-state index is -0.429. The molecular formula is C20H32N2O2. The molecule has 4 nitrogen and oxygen atoms in total. The fourth-order valence-corrected chi connectivity index (χ4v) is 3.04. The zero-order chi connectivity index (χ0) is 17.4. The minimum absolute atomic E-state index is 0.180. The number of nitrogens with zero attached hydrogens (tertiary/aromatic N) is 1. The van der Waals surface area contributed by atoms with Gasteiger partial charge in [0.1, 0.15) is 5.60 Å². The van der Waals surface area contributed by atoms with Gasteiger partial charge in [-0.2, -0.15) is 0 Å². The zero-order valence-corrected chi connectivity index (χ0v) is 15.4. The number of amides is 1. The fourth-order valence-electron chi connectivity index (χ4n) is 3.04. The summed E-state index contributed by atoms with van der Waals surface area (Å²) in [5, 5.41) is 3.63. The summed E-state index contributed by atoms with van der Waals surface area (Å²) in [5.74, 6) is 0. The Morgan fingerprint density at radius 1 is 1.25 bits per heavy atom. The van der Waals surface area contributed by atoms with Gasteiger partial charge in [-0.1, -0.05) is 36.8 Å². The second-order valence-electron chi connectivity index (χ2n) is 7.66. The Morgan fingerprint density at radius 2 is 2.00 bits per heavy atom. The summed E-state index contributed by atoms with van der Waals surface area (Å²) >= 11 is 0. The normalized spacial score (nSPS) is 19.0. The first-order valence-corrected chi connectivity index (χ1v) is 9.19. The maximum atomic E-state index is 12.3. The third-order valence-electron chi connectivity index (χ3n) is 4.24. The molecule has 1 amide bonds. The molecule has 2 rings (SSSR count). The van der Waals surface area contributed by atoms with Gasteiger partial charge in [-0.3, -0.25) is 0 Å². The lowest BCUT2D eigenvalue weighted by molar-refractivity contribution is 0.0244. The SMILES string of the molecule is CC(C)(C)OC(=O)N1CCCC[C@@H](NCCCc2ccccc2)C1. The Kier molecular flexibility index (Phi) is 7.10. The molecule has 0 aliphatic carbocycles. The largest absolute Gasteiger partial charge is 0.444 e. The second kappa shape index (κ2) is 9.07. The van der Waals surface area contributed by atoms with Crippen molar-refractivity contribution in [1.29, 1.82) is 0 Å². The quantitative estimate of drug-likeness (QED) is 0.829. The summed E-state index contributed by atoms with van der Waals surface area (Å²) < 4.78 is 5.52. The average Bonchev–Trinajstić information content (AvgIpc) is 2.77. The first-order valence-electron chi connectivity index (χ1n) is 9.19. The molecule has 0 radical (unpaired) electrons. The zero-order valence-electron chi connectivity index (χ0n) is 15.4. The highest BCUT2D eigenvalue weighted by Crippen LogP contribution is 2.15. The fraction of sp³-hybridized carbons (Fsp3) is 0.650. The van der Waals surface area contributed by atoms with Crippen LogP contribution in [0.25, 0.3) is 0 Å². The summed E-state index contributed by atoms with van der Waals surface area (Å²) in [6.45, 7) is 8.30. The Bertz CT molecular complexity index is 496. The number of hydrogen-bond donors (Lipinski definition) is 1. The molecule has 1 atom stereocenters. The molecular weight excluding hydrogens is 300 g/mol. The Hall–Kier alpha value is -1.55. The summed E-state index contributed by atoms with van der Waals surface area (Å²) in [4.78, 5) is 14.2. The van der Waals surface area contributed by atoms with E-state index in [9.17, 15) is 4.79 Å². The van der Waals surface area contributed by atoms with E-state index in [1.165, 1.54) is 5.56 Å². The van der Waals surface area contributed by atoms with E-state index in [1.807, 2.05) is 25.7 Å². The molecule has 134 valence electrons. The molecule has 0 unspecified atom stereocenters. The van der Waals surface area contributed by atoms with Crippen molar-refractivity contribution in [3.8, 4) is 0 Å². The van der Waals surface area contributed by atoms with E-state index in [0.717, 1.165) is 51.7 Å². The van der Waals surface area contributed by atoms with Crippen molar-refractivity contribution in [2.24, 2.45) is 0 Å². The number of ether oxygens (including phenoxy) is 1. The lowest BCUT2D eigenvalue weighted by Crippen LogP contribution is -2.44. The topological polar surface area (TPSA) is 41.6 Å². The van der Waals surface area contributed by atoms with E-state index in [-0.39, 0.29) is 6.09 Å². The maximum absolute atomic E-state index is 12.3. The van der Waals surface area contributed by atoms with Crippen molar-refractivity contribution in [3.63, 3.8) is 0 Å². The molecule has 1 aromatic rings. The number of nitrogens with one attached hydrogen (secondary N) is 1. The van der Waals surface area contributed by atoms with Gasteiger partial charge in [0.25, 0.3) is 0 Å². The molecule has 0 aromatic heterocycles. The van der Waals surface area contributed by atoms with Crippen LogP contribution in [0.3, 0.4) is 0 Å². The number of carbonyl (C=O) groups is 1. The van der Waals surface area contributed by atoms with Crippen LogP contribution in [-0.2, 0) is 11.2 Å². The highest BCUT2D eigenvalue weighted by atomic mass is 16.6. The number of likely N-dealkylation sites (tertiary alicyclic amines) is 1. The number of benzene rings is 1. The van der Waals surface area contributed by atoms with Gasteiger partial charge in [0.05, 0.1) is 0 Å². The van der Waals surface area contributed by atoms with Gasteiger partial charge in [0.15, 0.2) is 0 Å². The van der Waals surface area contributed by atoms with Crippen LogP contribution < -0.4 is 5.32 Å². The summed E-state index contributed by atoms with van der Waals surface area (Å²) in [5.41, 5.74) is 0.956. The predicted molar refractivity (Wildman–Crippen MR) is 98.2 cm³/mol. The van der Waals surface area contributed by atoms with Crippen LogP contribution in [0.2, 0.25) is 0 Å². The van der Waals surface area contributed by atoms with Crippen LogP contribution in [0.1, 0.15) is 52.0 Å². The first-order chi connectivity index (χ1) is 11.4. The molecule has 1 aliphatic heterocycles. The van der Waals surface area contributed by atoms with Crippen LogP contribution in [0.4, 0.5) is 4.79 Å². The number of carbonyl (C=O) groups excluding carboxylic acids is 1. The molecule has 1 aliphatic rings. The van der Waals surface area contributed by atoms with Crippen molar-refractivity contribution in [2.45, 2.75) is 64.5 Å². The lowest BCUT2D eigenvalue weighted by Gasteiger charge is -2.28. The summed E-state index contributed by atoms with van der Waals surface area (Å²) in [7, 11) is 0. The van der Waals surface area contributed by atoms with E-state index >= 15 is 0 Å². The van der Waals surface area contributed by atoms with Crippen molar-refractivity contribution in [3.05, 3.63) is 35.9 Å². The molecule has 1 N–H and O–H groups in total. The van der Waals surface area contributed by atoms with E-state index in [0.29, 0.717) is 6.04 Å². The molecule has 0 bridgehead atoms. The van der Waals surface area contributed by atoms with Gasteiger partial charge in [0, 0.05) is 19.1 Å². The van der Waals surface area contributed by atoms with E-state index in [4.69, 9.17) is 4.74 Å². The van der Waals surface area contributed by atoms with Gasteiger partial charge in [0.2, 0.25) is 0 Å². The Balaban J connectivity index is 1.74. The van der Waals surface area contributed by atoms with Crippen LogP contribution >= 0.6 is 0 Å². The van der Waals surface area contributed by atoms with Crippen LogP contribution in [0.15, 0.2) is 30.3 Å². The minimum Gasteiger partial charge on any atom is -0.444 e. The van der Waals surface area contributed by atoms with Gasteiger partial charge in [-0.15, -0.1) is 0 Å². The third-order valence-corrected chi connectivity index (χ3v) is 4.24. The second-order valence-corrected chi connectivity index (χ2v) is 7.66. The summed E-state index contributed by atoms with van der Waals surface area (Å²) in [6, 6.07) is 11.0. The smallest absolute Gasteiger partial charge is 0.410 e. The maximum Gasteiger partial charge on any atom is 0.410 e. The molecule has 24 heavy (non-hydrogen) atoms. The van der Waals surface area contributed by atoms with E-state index < -0.39 is 5.60 Å². The van der Waals surface area contributed by atoms with E-state index in [2.05, 4.69) is 35.6 Å². The van der Waals surface area contributed by atoms with Crippen LogP contribution in [0.5, 0.6) is 0 Å². The highest BCUT2D eigenvalue weighted by Gasteiger charge is 2.26. The molecule has 1 aromatic carbocycles. The number of hydrogen-bond acceptors (Lipinski definition) is 3. The summed E-state index contributed by atoms with van der Waals surface area (Å²) in [6.07, 6.45) is 5.38.